The van der Waals surface area contributed by atoms with E-state index < -0.39 is 0 Å². The van der Waals surface area contributed by atoms with Crippen LogP contribution in [-0.4, -0.2) is 45.1 Å². The highest BCUT2D eigenvalue weighted by Gasteiger charge is 2.54. The lowest BCUT2D eigenvalue weighted by Crippen LogP contribution is -2.66. The second kappa shape index (κ2) is 4.81. The Morgan fingerprint density at radius 2 is 2.18 bits per heavy atom. The van der Waals surface area contributed by atoms with Gasteiger partial charge in [-0.15, -0.1) is 0 Å². The molecule has 1 aliphatic heterocycles. The van der Waals surface area contributed by atoms with Gasteiger partial charge < -0.3 is 4.90 Å². The van der Waals surface area contributed by atoms with Gasteiger partial charge in [0, 0.05) is 36.7 Å². The second-order valence-corrected chi connectivity index (χ2v) is 7.35. The lowest BCUT2D eigenvalue weighted by atomic mass is 9.60. The van der Waals surface area contributed by atoms with E-state index in [9.17, 15) is 4.39 Å². The molecule has 2 aliphatic rings. The molecule has 118 valence electrons. The Morgan fingerprint density at radius 3 is 2.86 bits per heavy atom. The predicted molar refractivity (Wildman–Crippen MR) is 84.9 cm³/mol. The number of nitrogens with two attached hydrogens (primary N) is 1. The molecule has 6 nitrogen and oxygen atoms in total. The largest absolute Gasteiger partial charge is 0.354 e. The summed E-state index contributed by atoms with van der Waals surface area (Å²) < 4.78 is 17.3. The van der Waals surface area contributed by atoms with E-state index >= 15 is 0 Å². The van der Waals surface area contributed by atoms with Crippen molar-refractivity contribution >= 4 is 23.5 Å². The van der Waals surface area contributed by atoms with Gasteiger partial charge in [0.2, 0.25) is 5.95 Å². The van der Waals surface area contributed by atoms with Gasteiger partial charge in [0.15, 0.2) is 5.82 Å². The van der Waals surface area contributed by atoms with Crippen molar-refractivity contribution in [2.45, 2.75) is 25.8 Å². The van der Waals surface area contributed by atoms with Gasteiger partial charge in [-0.25, -0.2) is 13.8 Å². The third kappa shape index (κ3) is 1.94. The first-order valence-electron chi connectivity index (χ1n) is 7.36. The molecular weight excluding hydrogens is 303 g/mol. The second-order valence-electron chi connectivity index (χ2n) is 6.56. The number of aryl methyl sites for hydroxylation is 1. The van der Waals surface area contributed by atoms with E-state index in [1.165, 1.54) is 41.9 Å². The highest BCUT2D eigenvalue weighted by Crippen LogP contribution is 2.52. The van der Waals surface area contributed by atoms with Gasteiger partial charge in [-0.05, 0) is 38.4 Å². The molecule has 1 saturated heterocycles. The summed E-state index contributed by atoms with van der Waals surface area (Å²) >= 11 is 1.30. The van der Waals surface area contributed by atoms with Crippen LogP contribution in [0.15, 0.2) is 12.4 Å². The Bertz CT molecular complexity index is 717. The van der Waals surface area contributed by atoms with Crippen LogP contribution in [-0.2, 0) is 0 Å². The summed E-state index contributed by atoms with van der Waals surface area (Å²) in [6.45, 7) is 3.85. The summed E-state index contributed by atoms with van der Waals surface area (Å²) in [5, 5.41) is 9.61. The number of hydrogen-bond acceptors (Lipinski definition) is 6. The fraction of sp³-hybridized carbons (Fsp3) is 0.571. The molecule has 1 aliphatic carbocycles. The van der Waals surface area contributed by atoms with Crippen LogP contribution in [0.1, 0.15) is 18.4 Å². The van der Waals surface area contributed by atoms with E-state index in [0.717, 1.165) is 30.0 Å². The molecule has 3 heterocycles. The van der Waals surface area contributed by atoms with E-state index in [0.29, 0.717) is 11.5 Å². The maximum absolute atomic E-state index is 13.8. The number of rotatable bonds is 3. The van der Waals surface area contributed by atoms with Crippen molar-refractivity contribution in [3.05, 3.63) is 23.9 Å². The van der Waals surface area contributed by atoms with Crippen LogP contribution in [0.25, 0.3) is 5.52 Å². The molecule has 2 aromatic rings. The van der Waals surface area contributed by atoms with Crippen LogP contribution >= 0.6 is 12.1 Å². The van der Waals surface area contributed by atoms with E-state index in [1.54, 1.807) is 0 Å². The summed E-state index contributed by atoms with van der Waals surface area (Å²) in [6, 6.07) is 2.07. The lowest BCUT2D eigenvalue weighted by Gasteiger charge is -2.60. The first-order valence-corrected chi connectivity index (χ1v) is 8.20. The van der Waals surface area contributed by atoms with Gasteiger partial charge in [0.1, 0.15) is 11.8 Å². The standard InChI is InChI=1S/C14H19FN6S/c1-9-3-11(15)21-12(9)13(17-8-18-21)20-6-14(7-20)4-10(5-14)19(2)22-16/h3,8,10H,4-7,16H2,1-2H3. The van der Waals surface area contributed by atoms with E-state index in [1.807, 2.05) is 14.0 Å². The molecule has 2 fully saturated rings. The summed E-state index contributed by atoms with van der Waals surface area (Å²) in [4.78, 5) is 6.62. The van der Waals surface area contributed by atoms with Crippen LogP contribution in [0, 0.1) is 18.3 Å². The first-order chi connectivity index (χ1) is 10.5. The molecule has 0 bridgehead atoms. The SMILES string of the molecule is Cc1cc(F)n2ncnc(N3CC4(CC(N(C)SN)C4)C3)c12. The van der Waals surface area contributed by atoms with E-state index in [-0.39, 0.29) is 5.95 Å². The van der Waals surface area contributed by atoms with Crippen molar-refractivity contribution in [3.8, 4) is 0 Å². The summed E-state index contributed by atoms with van der Waals surface area (Å²) in [6.07, 6.45) is 3.76. The molecule has 0 unspecified atom stereocenters. The van der Waals surface area contributed by atoms with E-state index in [4.69, 9.17) is 5.14 Å². The topological polar surface area (TPSA) is 62.7 Å². The van der Waals surface area contributed by atoms with Gasteiger partial charge >= 0.3 is 0 Å². The quantitative estimate of drug-likeness (QED) is 0.866. The zero-order chi connectivity index (χ0) is 15.5. The van der Waals surface area contributed by atoms with Crippen molar-refractivity contribution in [3.63, 3.8) is 0 Å². The van der Waals surface area contributed by atoms with Gasteiger partial charge in [-0.3, -0.25) is 5.14 Å². The third-order valence-corrected chi connectivity index (χ3v) is 5.68. The molecule has 22 heavy (non-hydrogen) atoms. The number of anilines is 1. The van der Waals surface area contributed by atoms with Crippen LogP contribution in [0.4, 0.5) is 10.2 Å². The van der Waals surface area contributed by atoms with Crippen molar-refractivity contribution in [2.24, 2.45) is 10.6 Å². The lowest BCUT2D eigenvalue weighted by molar-refractivity contribution is 0.0239. The molecular formula is C14H19FN6S. The van der Waals surface area contributed by atoms with Gasteiger partial charge in [-0.1, -0.05) is 0 Å². The van der Waals surface area contributed by atoms with Crippen LogP contribution in [0.5, 0.6) is 0 Å². The monoisotopic (exact) mass is 322 g/mol. The van der Waals surface area contributed by atoms with Crippen molar-refractivity contribution in [1.29, 1.82) is 0 Å². The molecule has 1 spiro atoms. The van der Waals surface area contributed by atoms with Crippen molar-refractivity contribution in [1.82, 2.24) is 18.9 Å². The summed E-state index contributed by atoms with van der Waals surface area (Å²) in [5.74, 6) is 0.503. The zero-order valence-electron chi connectivity index (χ0n) is 12.7. The smallest absolute Gasteiger partial charge is 0.215 e. The number of halogens is 1. The van der Waals surface area contributed by atoms with Crippen LogP contribution < -0.4 is 10.0 Å². The molecule has 8 heteroatoms. The maximum Gasteiger partial charge on any atom is 0.215 e. The van der Waals surface area contributed by atoms with E-state index in [2.05, 4.69) is 19.3 Å². The average Bonchev–Trinajstić information content (AvgIpc) is 2.71. The molecule has 4 rings (SSSR count). The number of nitrogens with zero attached hydrogens (tertiary/aromatic N) is 5. The zero-order valence-corrected chi connectivity index (χ0v) is 13.5. The minimum absolute atomic E-state index is 0.336. The summed E-state index contributed by atoms with van der Waals surface area (Å²) in [5.41, 5.74) is 2.04. The third-order valence-electron chi connectivity index (χ3n) is 5.05. The Hall–Kier alpha value is -1.38. The maximum atomic E-state index is 13.8. The highest BCUT2D eigenvalue weighted by atomic mass is 32.2. The van der Waals surface area contributed by atoms with Crippen molar-refractivity contribution < 1.29 is 4.39 Å². The van der Waals surface area contributed by atoms with Crippen LogP contribution in [0.3, 0.4) is 0 Å². The fourth-order valence-electron chi connectivity index (χ4n) is 3.85. The molecule has 0 radical (unpaired) electrons. The Balaban J connectivity index is 1.53. The Kier molecular flexibility index (Phi) is 3.11. The number of aromatic nitrogens is 3. The average molecular weight is 322 g/mol. The molecule has 0 amide bonds. The van der Waals surface area contributed by atoms with Gasteiger partial charge in [0.05, 0.1) is 0 Å². The molecule has 2 aromatic heterocycles. The molecule has 1 saturated carbocycles. The van der Waals surface area contributed by atoms with Crippen molar-refractivity contribution in [2.75, 3.05) is 25.0 Å². The predicted octanol–water partition coefficient (Wildman–Crippen LogP) is 1.60. The van der Waals surface area contributed by atoms with Gasteiger partial charge in [-0.2, -0.15) is 9.49 Å². The minimum Gasteiger partial charge on any atom is -0.354 e. The van der Waals surface area contributed by atoms with Crippen LogP contribution in [0.2, 0.25) is 0 Å². The Morgan fingerprint density at radius 1 is 1.45 bits per heavy atom. The highest BCUT2D eigenvalue weighted by molar-refractivity contribution is 7.94. The normalized spacial score (nSPS) is 20.7. The fourth-order valence-corrected chi connectivity index (χ4v) is 4.17. The number of hydrogen-bond donors (Lipinski definition) is 1. The van der Waals surface area contributed by atoms with Gasteiger partial charge in [0.25, 0.3) is 0 Å². The molecule has 0 atom stereocenters. The molecule has 2 N–H and O–H groups in total. The Labute approximate surface area is 132 Å². The minimum atomic E-state index is -0.336. The number of fused-ring (bicyclic) bond motifs is 1. The summed E-state index contributed by atoms with van der Waals surface area (Å²) in [7, 11) is 2.04. The molecule has 0 aromatic carbocycles. The first kappa shape index (κ1) is 14.2.